The first-order chi connectivity index (χ1) is 17.3. The lowest BCUT2D eigenvalue weighted by molar-refractivity contribution is -0.135. The first kappa shape index (κ1) is 24.2. The molecular formula is C23H27FN8O4. The van der Waals surface area contributed by atoms with Gasteiger partial charge in [0.15, 0.2) is 5.69 Å². The second-order valence-corrected chi connectivity index (χ2v) is 9.12. The summed E-state index contributed by atoms with van der Waals surface area (Å²) in [6, 6.07) is 5.81. The molecule has 1 aromatic carbocycles. The third kappa shape index (κ3) is 4.65. The van der Waals surface area contributed by atoms with E-state index in [4.69, 9.17) is 5.73 Å². The van der Waals surface area contributed by atoms with Crippen LogP contribution in [0.25, 0.3) is 22.0 Å². The van der Waals surface area contributed by atoms with Crippen LogP contribution in [0.4, 0.5) is 4.39 Å². The molecule has 2 aliphatic rings. The Hall–Kier alpha value is -3.52. The van der Waals surface area contributed by atoms with Gasteiger partial charge in [-0.25, -0.2) is 4.39 Å². The number of nitrogens with zero attached hydrogens (tertiary/aromatic N) is 5. The van der Waals surface area contributed by atoms with Crippen molar-refractivity contribution in [1.82, 2.24) is 35.5 Å². The van der Waals surface area contributed by atoms with E-state index in [1.54, 1.807) is 36.7 Å². The van der Waals surface area contributed by atoms with Gasteiger partial charge in [0.25, 0.3) is 5.91 Å². The second kappa shape index (κ2) is 9.85. The molecule has 2 amide bonds. The van der Waals surface area contributed by atoms with Crippen molar-refractivity contribution in [2.45, 2.75) is 43.6 Å². The van der Waals surface area contributed by atoms with E-state index < -0.39 is 42.4 Å². The van der Waals surface area contributed by atoms with Gasteiger partial charge in [0.2, 0.25) is 5.91 Å². The summed E-state index contributed by atoms with van der Waals surface area (Å²) in [5, 5.41) is 39.0. The second-order valence-electron chi connectivity index (χ2n) is 9.12. The van der Waals surface area contributed by atoms with E-state index in [2.05, 4.69) is 25.9 Å². The molecule has 3 aromatic rings. The van der Waals surface area contributed by atoms with Crippen molar-refractivity contribution in [3.63, 3.8) is 0 Å². The number of benzene rings is 1. The number of likely N-dealkylation sites (tertiary alicyclic amines) is 1. The number of rotatable bonds is 7. The van der Waals surface area contributed by atoms with Gasteiger partial charge in [0.05, 0.1) is 36.6 Å². The molecule has 190 valence electrons. The molecule has 5 rings (SSSR count). The van der Waals surface area contributed by atoms with Gasteiger partial charge >= 0.3 is 0 Å². The summed E-state index contributed by atoms with van der Waals surface area (Å²) >= 11 is 0. The summed E-state index contributed by atoms with van der Waals surface area (Å²) in [6.07, 6.45) is -0.113. The third-order valence-corrected chi connectivity index (χ3v) is 6.73. The van der Waals surface area contributed by atoms with Crippen LogP contribution < -0.4 is 16.4 Å². The number of amides is 2. The lowest BCUT2D eigenvalue weighted by Gasteiger charge is -2.31. The average molecular weight is 499 g/mol. The van der Waals surface area contributed by atoms with E-state index in [1.807, 2.05) is 0 Å². The van der Waals surface area contributed by atoms with Crippen molar-refractivity contribution in [2.75, 3.05) is 19.6 Å². The third-order valence-electron chi connectivity index (χ3n) is 6.73. The summed E-state index contributed by atoms with van der Waals surface area (Å²) in [7, 11) is 0. The zero-order chi connectivity index (χ0) is 25.4. The van der Waals surface area contributed by atoms with Crippen molar-refractivity contribution in [3.8, 4) is 11.1 Å². The maximum Gasteiger partial charge on any atom is 0.269 e. The van der Waals surface area contributed by atoms with Crippen LogP contribution in [0.3, 0.4) is 0 Å². The summed E-state index contributed by atoms with van der Waals surface area (Å²) in [4.78, 5) is 26.6. The molecule has 0 aliphatic carbocycles. The molecule has 0 spiro atoms. The van der Waals surface area contributed by atoms with Crippen LogP contribution in [-0.4, -0.2) is 97.1 Å². The Bertz CT molecular complexity index is 1270. The first-order valence-corrected chi connectivity index (χ1v) is 11.7. The zero-order valence-electron chi connectivity index (χ0n) is 19.3. The summed E-state index contributed by atoms with van der Waals surface area (Å²) in [5.74, 6) is -1.21. The Morgan fingerprint density at radius 1 is 1.25 bits per heavy atom. The number of primary amides is 1. The molecule has 5 unspecified atom stereocenters. The molecule has 0 radical (unpaired) electrons. The number of nitrogens with two attached hydrogens (primary N) is 1. The molecular weight excluding hydrogens is 471 g/mol. The standard InChI is InChI=1S/C23H27FN8O4/c24-14-6-18(23(36)29-16-8-26-9-19(16)33)31(10-14)20(34)11-32-17-2-1-12(13-3-4-27-28-7-13)5-15(17)21(30-32)22(25)35/h1-5,7,14,16,18-19,23,26,29,33,36H,6,8-11H2,(H2,25,35). The summed E-state index contributed by atoms with van der Waals surface area (Å²) in [6.45, 7) is 0.389. The molecule has 2 saturated heterocycles. The summed E-state index contributed by atoms with van der Waals surface area (Å²) in [5.41, 5.74) is 7.62. The number of carbonyl (C=O) groups is 2. The predicted molar refractivity (Wildman–Crippen MR) is 126 cm³/mol. The molecule has 13 heteroatoms. The minimum absolute atomic E-state index is 0.00688. The number of halogens is 1. The largest absolute Gasteiger partial charge is 0.390 e. The lowest BCUT2D eigenvalue weighted by Crippen LogP contribution is -2.55. The van der Waals surface area contributed by atoms with E-state index in [0.717, 1.165) is 11.1 Å². The maximum atomic E-state index is 14.4. The van der Waals surface area contributed by atoms with E-state index in [0.29, 0.717) is 24.0 Å². The van der Waals surface area contributed by atoms with Gasteiger partial charge in [-0.15, -0.1) is 0 Å². The average Bonchev–Trinajstić information content (AvgIpc) is 3.56. The van der Waals surface area contributed by atoms with E-state index in [9.17, 15) is 24.2 Å². The number of fused-ring (bicyclic) bond motifs is 1. The Balaban J connectivity index is 1.39. The molecule has 2 fully saturated rings. The van der Waals surface area contributed by atoms with Crippen molar-refractivity contribution < 1.29 is 24.2 Å². The number of nitrogens with one attached hydrogen (secondary N) is 2. The molecule has 6 N–H and O–H groups in total. The van der Waals surface area contributed by atoms with Crippen molar-refractivity contribution in [3.05, 3.63) is 42.4 Å². The van der Waals surface area contributed by atoms with Gasteiger partial charge in [-0.1, -0.05) is 6.07 Å². The number of hydrogen-bond donors (Lipinski definition) is 5. The van der Waals surface area contributed by atoms with Crippen molar-refractivity contribution in [2.24, 2.45) is 5.73 Å². The van der Waals surface area contributed by atoms with Crippen LogP contribution in [0.15, 0.2) is 36.7 Å². The number of alkyl halides is 1. The maximum absolute atomic E-state index is 14.4. The van der Waals surface area contributed by atoms with Crippen LogP contribution in [0.1, 0.15) is 16.9 Å². The highest BCUT2D eigenvalue weighted by atomic mass is 19.1. The van der Waals surface area contributed by atoms with Crippen LogP contribution in [0, 0.1) is 0 Å². The molecule has 12 nitrogen and oxygen atoms in total. The first-order valence-electron chi connectivity index (χ1n) is 11.7. The van der Waals surface area contributed by atoms with Crippen LogP contribution >= 0.6 is 0 Å². The summed E-state index contributed by atoms with van der Waals surface area (Å²) < 4.78 is 15.7. The molecule has 4 heterocycles. The number of aliphatic hydroxyl groups excluding tert-OH is 2. The minimum atomic E-state index is -1.30. The fourth-order valence-electron chi connectivity index (χ4n) is 4.91. The molecule has 2 aliphatic heterocycles. The normalized spacial score (nSPS) is 24.9. The monoisotopic (exact) mass is 498 g/mol. The van der Waals surface area contributed by atoms with Gasteiger partial charge in [0.1, 0.15) is 18.9 Å². The SMILES string of the molecule is NC(=O)c1nn(CC(=O)N2CC(F)CC2C(O)NC2CNCC2O)c2ccc(-c3ccnnc3)cc12. The van der Waals surface area contributed by atoms with Gasteiger partial charge in [-0.2, -0.15) is 15.3 Å². The number of aromatic nitrogens is 4. The lowest BCUT2D eigenvalue weighted by atomic mass is 10.0. The predicted octanol–water partition coefficient (Wildman–Crippen LogP) is -1.23. The quantitative estimate of drug-likeness (QED) is 0.250. The number of aliphatic hydroxyl groups is 2. The van der Waals surface area contributed by atoms with Crippen molar-refractivity contribution >= 4 is 22.7 Å². The molecule has 5 atom stereocenters. The van der Waals surface area contributed by atoms with Gasteiger partial charge in [-0.3, -0.25) is 19.6 Å². The van der Waals surface area contributed by atoms with Crippen molar-refractivity contribution in [1.29, 1.82) is 0 Å². The highest BCUT2D eigenvalue weighted by molar-refractivity contribution is 6.05. The Morgan fingerprint density at radius 3 is 2.78 bits per heavy atom. The van der Waals surface area contributed by atoms with E-state index >= 15 is 0 Å². The van der Waals surface area contributed by atoms with E-state index in [-0.39, 0.29) is 25.2 Å². The molecule has 0 saturated carbocycles. The minimum Gasteiger partial charge on any atom is -0.390 e. The van der Waals surface area contributed by atoms with Crippen LogP contribution in [0.5, 0.6) is 0 Å². The number of carbonyl (C=O) groups excluding carboxylic acids is 2. The topological polar surface area (TPSA) is 172 Å². The zero-order valence-corrected chi connectivity index (χ0v) is 19.3. The number of hydrogen-bond acceptors (Lipinski definition) is 9. The van der Waals surface area contributed by atoms with Crippen LogP contribution in [-0.2, 0) is 11.3 Å². The number of β-amino-alcohol motifs (C(OH)–C–C–N with tert-alkyl or cyclic N) is 1. The fourth-order valence-corrected chi connectivity index (χ4v) is 4.91. The molecule has 0 bridgehead atoms. The Kier molecular flexibility index (Phi) is 6.62. The highest BCUT2D eigenvalue weighted by Crippen LogP contribution is 2.28. The highest BCUT2D eigenvalue weighted by Gasteiger charge is 2.41. The van der Waals surface area contributed by atoms with E-state index in [1.165, 1.54) is 9.58 Å². The fraction of sp³-hybridized carbons (Fsp3) is 0.435. The Labute approximate surface area is 205 Å². The van der Waals surface area contributed by atoms with Gasteiger partial charge in [0, 0.05) is 36.5 Å². The Morgan fingerprint density at radius 2 is 2.08 bits per heavy atom. The van der Waals surface area contributed by atoms with Gasteiger partial charge < -0.3 is 26.2 Å². The van der Waals surface area contributed by atoms with Gasteiger partial charge in [-0.05, 0) is 23.8 Å². The van der Waals surface area contributed by atoms with Crippen LogP contribution in [0.2, 0.25) is 0 Å². The molecule has 2 aromatic heterocycles. The smallest absolute Gasteiger partial charge is 0.269 e. The molecule has 36 heavy (non-hydrogen) atoms.